The number of azide groups is 1. The molecule has 2 aromatic carbocycles. The molecule has 2 heterocycles. The molecule has 2 aliphatic rings. The molecule has 14 heteroatoms. The van der Waals surface area contributed by atoms with Crippen LogP contribution in [0, 0.1) is 5.82 Å². The molecule has 9 nitrogen and oxygen atoms in total. The summed E-state index contributed by atoms with van der Waals surface area (Å²) in [6.07, 6.45) is -2.87. The molecule has 0 radical (unpaired) electrons. The topological polar surface area (TPSA) is 122 Å². The maximum Gasteiger partial charge on any atom is 0.523 e. The van der Waals surface area contributed by atoms with E-state index in [0.29, 0.717) is 12.0 Å². The summed E-state index contributed by atoms with van der Waals surface area (Å²) in [5, 5.41) is 3.36. The van der Waals surface area contributed by atoms with Gasteiger partial charge in [-0.05, 0) is 47.2 Å². The fraction of sp³-hybridized carbons (Fsp3) is 0.409. The quantitative estimate of drug-likeness (QED) is 0.145. The number of hydrogen-bond acceptors (Lipinski definition) is 6. The van der Waals surface area contributed by atoms with E-state index in [-0.39, 0.29) is 6.54 Å². The molecule has 1 saturated heterocycles. The Kier molecular flexibility index (Phi) is 7.23. The standard InChI is InChI=1S/C22H20F4N4O5S/c23-15-7-5-14(6-8-15)20-16-4-2-1-3-13(16)9-10-30(20)21(31)18-11-17(28-29-27)19(12-34-18)35-36(32,33)22(24,25)26/h1-8,17-20H,9-12H2/t17?,18?,19?,20-/m0/s1. The van der Waals surface area contributed by atoms with Gasteiger partial charge in [-0.25, -0.2) is 4.39 Å². The number of alkyl halides is 3. The van der Waals surface area contributed by atoms with Crippen molar-refractivity contribution in [1.29, 1.82) is 0 Å². The molecule has 0 bridgehead atoms. The van der Waals surface area contributed by atoms with Crippen LogP contribution in [0.5, 0.6) is 0 Å². The molecule has 4 atom stereocenters. The molecular formula is C22H20F4N4O5S. The lowest BCUT2D eigenvalue weighted by Crippen LogP contribution is -2.52. The number of halogens is 4. The summed E-state index contributed by atoms with van der Waals surface area (Å²) in [6, 6.07) is 11.1. The number of benzene rings is 2. The maximum atomic E-state index is 13.6. The summed E-state index contributed by atoms with van der Waals surface area (Å²) < 4.78 is 84.4. The molecule has 1 amide bonds. The first kappa shape index (κ1) is 25.9. The van der Waals surface area contributed by atoms with Gasteiger partial charge in [0.05, 0.1) is 18.7 Å². The van der Waals surface area contributed by atoms with Crippen LogP contribution in [0.1, 0.15) is 29.2 Å². The number of ether oxygens (including phenoxy) is 1. The van der Waals surface area contributed by atoms with E-state index in [1.54, 1.807) is 18.2 Å². The highest BCUT2D eigenvalue weighted by molar-refractivity contribution is 7.87. The third-order valence-electron chi connectivity index (χ3n) is 6.11. The number of fused-ring (bicyclic) bond motifs is 1. The monoisotopic (exact) mass is 528 g/mol. The fourth-order valence-electron chi connectivity index (χ4n) is 4.42. The van der Waals surface area contributed by atoms with Crippen LogP contribution in [0.25, 0.3) is 10.4 Å². The van der Waals surface area contributed by atoms with Crippen LogP contribution in [-0.2, 0) is 30.3 Å². The van der Waals surface area contributed by atoms with Crippen molar-refractivity contribution in [1.82, 2.24) is 4.90 Å². The van der Waals surface area contributed by atoms with Crippen molar-refractivity contribution in [2.45, 2.75) is 42.6 Å². The molecule has 192 valence electrons. The summed E-state index contributed by atoms with van der Waals surface area (Å²) in [7, 11) is -5.98. The van der Waals surface area contributed by atoms with Crippen LogP contribution in [-0.4, -0.2) is 56.1 Å². The third-order valence-corrected chi connectivity index (χ3v) is 7.18. The van der Waals surface area contributed by atoms with Crippen LogP contribution in [0.2, 0.25) is 0 Å². The Morgan fingerprint density at radius 1 is 1.17 bits per heavy atom. The van der Waals surface area contributed by atoms with E-state index in [9.17, 15) is 30.8 Å². The second-order valence-corrected chi connectivity index (χ2v) is 9.86. The third kappa shape index (κ3) is 5.16. The van der Waals surface area contributed by atoms with E-state index in [1.807, 2.05) is 18.2 Å². The number of carbonyl (C=O) groups is 1. The summed E-state index contributed by atoms with van der Waals surface area (Å²) in [4.78, 5) is 17.6. The summed E-state index contributed by atoms with van der Waals surface area (Å²) >= 11 is 0. The van der Waals surface area contributed by atoms with Gasteiger partial charge in [-0.2, -0.15) is 21.6 Å². The number of amides is 1. The molecule has 0 aromatic heterocycles. The zero-order valence-electron chi connectivity index (χ0n) is 18.5. The van der Waals surface area contributed by atoms with Crippen molar-refractivity contribution in [2.75, 3.05) is 13.2 Å². The average Bonchev–Trinajstić information content (AvgIpc) is 2.84. The lowest BCUT2D eigenvalue weighted by molar-refractivity contribution is -0.154. The van der Waals surface area contributed by atoms with Crippen molar-refractivity contribution >= 4 is 16.0 Å². The van der Waals surface area contributed by atoms with E-state index in [4.69, 9.17) is 10.3 Å². The Labute approximate surface area is 203 Å². The minimum absolute atomic E-state index is 0.270. The first-order chi connectivity index (χ1) is 17.0. The van der Waals surface area contributed by atoms with E-state index >= 15 is 0 Å². The van der Waals surface area contributed by atoms with Gasteiger partial charge < -0.3 is 9.64 Å². The van der Waals surface area contributed by atoms with Crippen molar-refractivity contribution < 1.29 is 39.7 Å². The first-order valence-corrected chi connectivity index (χ1v) is 12.2. The Balaban J connectivity index is 1.60. The summed E-state index contributed by atoms with van der Waals surface area (Å²) in [5.41, 5.74) is 5.64. The highest BCUT2D eigenvalue weighted by Crippen LogP contribution is 2.37. The molecular weight excluding hydrogens is 508 g/mol. The van der Waals surface area contributed by atoms with Gasteiger partial charge in [0.15, 0.2) is 0 Å². The SMILES string of the molecule is [N-]=[N+]=NC1CC(C(=O)N2CCc3ccccc3[C@@H]2c2ccc(F)cc2)OCC1OS(=O)(=O)C(F)(F)F. The van der Waals surface area contributed by atoms with E-state index in [1.165, 1.54) is 17.0 Å². The predicted octanol–water partition coefficient (Wildman–Crippen LogP) is 4.00. The smallest absolute Gasteiger partial charge is 0.366 e. The van der Waals surface area contributed by atoms with E-state index in [0.717, 1.165) is 11.1 Å². The molecule has 2 aromatic rings. The molecule has 4 rings (SSSR count). The molecule has 36 heavy (non-hydrogen) atoms. The van der Waals surface area contributed by atoms with Crippen molar-refractivity contribution in [3.05, 3.63) is 81.5 Å². The number of nitrogens with zero attached hydrogens (tertiary/aromatic N) is 4. The summed E-state index contributed by atoms with van der Waals surface area (Å²) in [6.45, 7) is -0.451. The minimum atomic E-state index is -5.98. The van der Waals surface area contributed by atoms with Gasteiger partial charge in [0.1, 0.15) is 18.0 Å². The van der Waals surface area contributed by atoms with Gasteiger partial charge in [0.2, 0.25) is 0 Å². The Bertz CT molecular complexity index is 1280. The van der Waals surface area contributed by atoms with E-state index in [2.05, 4.69) is 14.2 Å². The van der Waals surface area contributed by atoms with E-state index < -0.39 is 64.7 Å². The number of hydrogen-bond donors (Lipinski definition) is 0. The van der Waals surface area contributed by atoms with Gasteiger partial charge >= 0.3 is 15.6 Å². The molecule has 0 aliphatic carbocycles. The van der Waals surface area contributed by atoms with Crippen molar-refractivity contribution in [2.24, 2.45) is 5.11 Å². The number of carbonyl (C=O) groups excluding carboxylic acids is 1. The largest absolute Gasteiger partial charge is 0.523 e. The second-order valence-electron chi connectivity index (χ2n) is 8.30. The predicted molar refractivity (Wildman–Crippen MR) is 117 cm³/mol. The highest BCUT2D eigenvalue weighted by Gasteiger charge is 2.51. The maximum absolute atomic E-state index is 13.6. The fourth-order valence-corrected chi connectivity index (χ4v) is 5.04. The molecule has 3 unspecified atom stereocenters. The Morgan fingerprint density at radius 2 is 1.86 bits per heavy atom. The van der Waals surface area contributed by atoms with Gasteiger partial charge in [-0.1, -0.05) is 41.5 Å². The van der Waals surface area contributed by atoms with Gasteiger partial charge in [-0.15, -0.1) is 0 Å². The van der Waals surface area contributed by atoms with Crippen LogP contribution in [0.3, 0.4) is 0 Å². The minimum Gasteiger partial charge on any atom is -0.366 e. The van der Waals surface area contributed by atoms with Gasteiger partial charge in [0, 0.05) is 11.5 Å². The normalized spacial score (nSPS) is 24.5. The Hall–Kier alpha value is -3.19. The summed E-state index contributed by atoms with van der Waals surface area (Å²) in [5.74, 6) is -0.984. The van der Waals surface area contributed by atoms with Crippen LogP contribution in [0.15, 0.2) is 53.6 Å². The van der Waals surface area contributed by atoms with Crippen molar-refractivity contribution in [3.63, 3.8) is 0 Å². The Morgan fingerprint density at radius 3 is 2.53 bits per heavy atom. The van der Waals surface area contributed by atoms with Crippen molar-refractivity contribution in [3.8, 4) is 0 Å². The zero-order chi connectivity index (χ0) is 26.1. The van der Waals surface area contributed by atoms with Gasteiger partial charge in [-0.3, -0.25) is 8.98 Å². The van der Waals surface area contributed by atoms with Crippen LogP contribution < -0.4 is 0 Å². The molecule has 2 aliphatic heterocycles. The lowest BCUT2D eigenvalue weighted by Gasteiger charge is -2.41. The van der Waals surface area contributed by atoms with Crippen LogP contribution >= 0.6 is 0 Å². The second kappa shape index (κ2) is 10.1. The zero-order valence-corrected chi connectivity index (χ0v) is 19.3. The lowest BCUT2D eigenvalue weighted by atomic mass is 9.87. The molecule has 0 saturated carbocycles. The molecule has 0 N–H and O–H groups in total. The molecule has 0 spiro atoms. The average molecular weight is 528 g/mol. The molecule has 1 fully saturated rings. The van der Waals surface area contributed by atoms with Crippen LogP contribution in [0.4, 0.5) is 17.6 Å². The number of rotatable bonds is 5. The van der Waals surface area contributed by atoms with Gasteiger partial charge in [0.25, 0.3) is 5.91 Å². The highest BCUT2D eigenvalue weighted by atomic mass is 32.2. The first-order valence-electron chi connectivity index (χ1n) is 10.8.